The minimum atomic E-state index is -0.775. The molecular formula is C12H15F2N. The SMILES string of the molecule is CC1(Cc2ccc(F)c(F)c2)CCCN1. The fourth-order valence-corrected chi connectivity index (χ4v) is 2.21. The number of hydrogen-bond donors (Lipinski definition) is 1. The third kappa shape index (κ3) is 2.34. The fourth-order valence-electron chi connectivity index (χ4n) is 2.21. The van der Waals surface area contributed by atoms with Gasteiger partial charge in [0.15, 0.2) is 11.6 Å². The maximum absolute atomic E-state index is 13.0. The van der Waals surface area contributed by atoms with E-state index in [9.17, 15) is 8.78 Å². The smallest absolute Gasteiger partial charge is 0.159 e. The summed E-state index contributed by atoms with van der Waals surface area (Å²) in [6, 6.07) is 4.15. The molecule has 0 aliphatic carbocycles. The Balaban J connectivity index is 2.13. The van der Waals surface area contributed by atoms with E-state index < -0.39 is 11.6 Å². The summed E-state index contributed by atoms with van der Waals surface area (Å²) in [5.41, 5.74) is 0.898. The minimum Gasteiger partial charge on any atom is -0.311 e. The van der Waals surface area contributed by atoms with E-state index in [0.29, 0.717) is 0 Å². The molecule has 1 unspecified atom stereocenters. The van der Waals surface area contributed by atoms with E-state index in [0.717, 1.165) is 31.4 Å². The quantitative estimate of drug-likeness (QED) is 0.793. The topological polar surface area (TPSA) is 12.0 Å². The minimum absolute atomic E-state index is 0.0459. The summed E-state index contributed by atoms with van der Waals surface area (Å²) in [5.74, 6) is -1.53. The van der Waals surface area contributed by atoms with E-state index in [1.54, 1.807) is 6.07 Å². The van der Waals surface area contributed by atoms with Gasteiger partial charge in [0.2, 0.25) is 0 Å². The lowest BCUT2D eigenvalue weighted by Gasteiger charge is -2.24. The molecular weight excluding hydrogens is 196 g/mol. The lowest BCUT2D eigenvalue weighted by atomic mass is 9.91. The number of hydrogen-bond acceptors (Lipinski definition) is 1. The molecule has 0 aromatic heterocycles. The van der Waals surface area contributed by atoms with Crippen LogP contribution in [-0.2, 0) is 6.42 Å². The van der Waals surface area contributed by atoms with Crippen molar-refractivity contribution in [3.8, 4) is 0 Å². The number of rotatable bonds is 2. The van der Waals surface area contributed by atoms with Crippen LogP contribution in [0.3, 0.4) is 0 Å². The molecule has 1 N–H and O–H groups in total. The summed E-state index contributed by atoms with van der Waals surface area (Å²) in [7, 11) is 0. The third-order valence-electron chi connectivity index (χ3n) is 3.04. The maximum Gasteiger partial charge on any atom is 0.159 e. The summed E-state index contributed by atoms with van der Waals surface area (Å²) < 4.78 is 25.7. The molecule has 15 heavy (non-hydrogen) atoms. The van der Waals surface area contributed by atoms with Crippen molar-refractivity contribution in [2.45, 2.75) is 31.7 Å². The molecule has 1 heterocycles. The Bertz CT molecular complexity index is 357. The number of benzene rings is 1. The van der Waals surface area contributed by atoms with Crippen molar-refractivity contribution >= 4 is 0 Å². The van der Waals surface area contributed by atoms with Gasteiger partial charge in [-0.1, -0.05) is 6.07 Å². The molecule has 2 rings (SSSR count). The average Bonchev–Trinajstić information content (AvgIpc) is 2.59. The zero-order chi connectivity index (χ0) is 10.9. The van der Waals surface area contributed by atoms with E-state index in [1.165, 1.54) is 12.1 Å². The standard InChI is InChI=1S/C12H15F2N/c1-12(5-2-6-15-12)8-9-3-4-10(13)11(14)7-9/h3-4,7,15H,2,5-6,8H2,1H3. The van der Waals surface area contributed by atoms with Crippen molar-refractivity contribution in [2.24, 2.45) is 0 Å². The molecule has 1 aromatic rings. The predicted octanol–water partition coefficient (Wildman–Crippen LogP) is 2.65. The number of halogens is 2. The molecule has 0 spiro atoms. The van der Waals surface area contributed by atoms with Crippen LogP contribution in [0.4, 0.5) is 8.78 Å². The van der Waals surface area contributed by atoms with Crippen LogP contribution in [0.15, 0.2) is 18.2 Å². The van der Waals surface area contributed by atoms with Crippen LogP contribution in [0.1, 0.15) is 25.3 Å². The van der Waals surface area contributed by atoms with Crippen molar-refractivity contribution < 1.29 is 8.78 Å². The molecule has 0 radical (unpaired) electrons. The highest BCUT2D eigenvalue weighted by Gasteiger charge is 2.28. The van der Waals surface area contributed by atoms with Crippen molar-refractivity contribution in [2.75, 3.05) is 6.54 Å². The van der Waals surface area contributed by atoms with Gasteiger partial charge >= 0.3 is 0 Å². The largest absolute Gasteiger partial charge is 0.311 e. The Hall–Kier alpha value is -0.960. The molecule has 82 valence electrons. The zero-order valence-electron chi connectivity index (χ0n) is 8.82. The molecule has 1 nitrogen and oxygen atoms in total. The average molecular weight is 211 g/mol. The lowest BCUT2D eigenvalue weighted by Crippen LogP contribution is -2.38. The van der Waals surface area contributed by atoms with Crippen LogP contribution >= 0.6 is 0 Å². The second kappa shape index (κ2) is 3.89. The Morgan fingerprint density at radius 1 is 1.33 bits per heavy atom. The highest BCUT2D eigenvalue weighted by atomic mass is 19.2. The molecule has 1 fully saturated rings. The Morgan fingerprint density at radius 2 is 2.13 bits per heavy atom. The summed E-state index contributed by atoms with van der Waals surface area (Å²) in [6.45, 7) is 3.14. The first-order chi connectivity index (χ1) is 7.09. The fraction of sp³-hybridized carbons (Fsp3) is 0.500. The van der Waals surface area contributed by atoms with Gasteiger partial charge in [0.25, 0.3) is 0 Å². The van der Waals surface area contributed by atoms with Crippen LogP contribution in [0.25, 0.3) is 0 Å². The van der Waals surface area contributed by atoms with E-state index >= 15 is 0 Å². The predicted molar refractivity (Wildman–Crippen MR) is 55.7 cm³/mol. The number of nitrogens with one attached hydrogen (secondary N) is 1. The summed E-state index contributed by atoms with van der Waals surface area (Å²) >= 11 is 0. The van der Waals surface area contributed by atoms with E-state index in [4.69, 9.17) is 0 Å². The molecule has 1 aromatic carbocycles. The zero-order valence-corrected chi connectivity index (χ0v) is 8.82. The second-order valence-electron chi connectivity index (χ2n) is 4.52. The van der Waals surface area contributed by atoms with Crippen LogP contribution < -0.4 is 5.32 Å². The summed E-state index contributed by atoms with van der Waals surface area (Å²) in [6.07, 6.45) is 3.00. The van der Waals surface area contributed by atoms with Crippen molar-refractivity contribution in [1.29, 1.82) is 0 Å². The van der Waals surface area contributed by atoms with Gasteiger partial charge in [0, 0.05) is 5.54 Å². The van der Waals surface area contributed by atoms with Gasteiger partial charge in [-0.25, -0.2) is 8.78 Å². The normalized spacial score (nSPS) is 25.8. The van der Waals surface area contributed by atoms with Crippen molar-refractivity contribution in [3.63, 3.8) is 0 Å². The van der Waals surface area contributed by atoms with Gasteiger partial charge in [0.1, 0.15) is 0 Å². The molecule has 0 saturated carbocycles. The first kappa shape index (κ1) is 10.6. The first-order valence-corrected chi connectivity index (χ1v) is 5.28. The Kier molecular flexibility index (Phi) is 2.74. The van der Waals surface area contributed by atoms with E-state index in [1.807, 2.05) is 0 Å². The van der Waals surface area contributed by atoms with Gasteiger partial charge in [-0.3, -0.25) is 0 Å². The summed E-state index contributed by atoms with van der Waals surface area (Å²) in [5, 5.41) is 3.40. The van der Waals surface area contributed by atoms with Crippen LogP contribution in [0, 0.1) is 11.6 Å². The highest BCUT2D eigenvalue weighted by molar-refractivity contribution is 5.20. The Morgan fingerprint density at radius 3 is 2.73 bits per heavy atom. The molecule has 0 amide bonds. The highest BCUT2D eigenvalue weighted by Crippen LogP contribution is 2.24. The van der Waals surface area contributed by atoms with E-state index in [2.05, 4.69) is 12.2 Å². The maximum atomic E-state index is 13.0. The van der Waals surface area contributed by atoms with Crippen LogP contribution in [-0.4, -0.2) is 12.1 Å². The van der Waals surface area contributed by atoms with Crippen LogP contribution in [0.2, 0.25) is 0 Å². The Labute approximate surface area is 88.5 Å². The first-order valence-electron chi connectivity index (χ1n) is 5.28. The van der Waals surface area contributed by atoms with Gasteiger partial charge in [-0.15, -0.1) is 0 Å². The molecule has 3 heteroatoms. The van der Waals surface area contributed by atoms with E-state index in [-0.39, 0.29) is 5.54 Å². The van der Waals surface area contributed by atoms with Crippen molar-refractivity contribution in [3.05, 3.63) is 35.4 Å². The molecule has 1 aliphatic heterocycles. The van der Waals surface area contributed by atoms with Crippen LogP contribution in [0.5, 0.6) is 0 Å². The monoisotopic (exact) mass is 211 g/mol. The van der Waals surface area contributed by atoms with Gasteiger partial charge < -0.3 is 5.32 Å². The molecule has 1 atom stereocenters. The lowest BCUT2D eigenvalue weighted by molar-refractivity contribution is 0.410. The molecule has 1 saturated heterocycles. The van der Waals surface area contributed by atoms with Gasteiger partial charge in [-0.2, -0.15) is 0 Å². The van der Waals surface area contributed by atoms with Gasteiger partial charge in [0.05, 0.1) is 0 Å². The molecule has 0 bridgehead atoms. The second-order valence-corrected chi connectivity index (χ2v) is 4.52. The summed E-state index contributed by atoms with van der Waals surface area (Å²) in [4.78, 5) is 0. The van der Waals surface area contributed by atoms with Crippen molar-refractivity contribution in [1.82, 2.24) is 5.32 Å². The third-order valence-corrected chi connectivity index (χ3v) is 3.04. The molecule has 1 aliphatic rings. The van der Waals surface area contributed by atoms with Gasteiger partial charge in [-0.05, 0) is 50.4 Å².